The first-order valence-electron chi connectivity index (χ1n) is 10.6. The van der Waals surface area contributed by atoms with E-state index < -0.39 is 5.97 Å². The van der Waals surface area contributed by atoms with E-state index in [1.54, 1.807) is 11.7 Å². The summed E-state index contributed by atoms with van der Waals surface area (Å²) < 4.78 is 13.0. The zero-order valence-corrected chi connectivity index (χ0v) is 17.4. The first kappa shape index (κ1) is 19.4. The van der Waals surface area contributed by atoms with Crippen LogP contribution in [0.5, 0.6) is 5.75 Å². The highest BCUT2D eigenvalue weighted by Crippen LogP contribution is 2.33. The van der Waals surface area contributed by atoms with Gasteiger partial charge in [-0.3, -0.25) is 4.57 Å². The van der Waals surface area contributed by atoms with Crippen molar-refractivity contribution in [2.75, 3.05) is 12.8 Å². The summed E-state index contributed by atoms with van der Waals surface area (Å²) in [5.41, 5.74) is 9.94. The van der Waals surface area contributed by atoms with Gasteiger partial charge in [-0.2, -0.15) is 0 Å². The Morgan fingerprint density at radius 1 is 1.03 bits per heavy atom. The Bertz CT molecular complexity index is 1270. The van der Waals surface area contributed by atoms with Gasteiger partial charge in [-0.05, 0) is 49.9 Å². The van der Waals surface area contributed by atoms with Crippen LogP contribution in [0, 0.1) is 0 Å². The minimum absolute atomic E-state index is 0.0794. The van der Waals surface area contributed by atoms with Crippen molar-refractivity contribution >= 4 is 34.0 Å². The molecule has 0 radical (unpaired) electrons. The molecule has 2 N–H and O–H groups in total. The number of nitrogen functional groups attached to an aromatic ring is 1. The second-order valence-electron chi connectivity index (χ2n) is 7.85. The number of hydrogen-bond donors (Lipinski definition) is 1. The number of anilines is 1. The first-order valence-corrected chi connectivity index (χ1v) is 10.6. The van der Waals surface area contributed by atoms with Crippen molar-refractivity contribution in [3.63, 3.8) is 0 Å². The third kappa shape index (κ3) is 3.46. The van der Waals surface area contributed by atoms with Crippen LogP contribution in [0.3, 0.4) is 0 Å². The molecule has 2 aromatic carbocycles. The molecule has 4 aromatic rings. The van der Waals surface area contributed by atoms with Crippen molar-refractivity contribution in [1.29, 1.82) is 0 Å². The number of fused-ring (bicyclic) bond motifs is 2. The van der Waals surface area contributed by atoms with Crippen LogP contribution in [-0.4, -0.2) is 33.7 Å². The van der Waals surface area contributed by atoms with E-state index >= 15 is 0 Å². The van der Waals surface area contributed by atoms with Crippen molar-refractivity contribution < 1.29 is 14.3 Å². The first-order chi connectivity index (χ1) is 15.2. The second-order valence-corrected chi connectivity index (χ2v) is 7.85. The zero-order valence-electron chi connectivity index (χ0n) is 17.4. The average Bonchev–Trinajstić information content (AvgIpc) is 3.08. The van der Waals surface area contributed by atoms with E-state index in [1.807, 2.05) is 48.5 Å². The minimum Gasteiger partial charge on any atom is -0.497 e. The maximum absolute atomic E-state index is 13.2. The molecule has 2 heterocycles. The van der Waals surface area contributed by atoms with Crippen LogP contribution in [0.4, 0.5) is 5.82 Å². The fourth-order valence-electron chi connectivity index (χ4n) is 4.27. The Labute approximate surface area is 179 Å². The molecule has 7 heteroatoms. The molecular formula is C24H24N4O3. The molecule has 1 aliphatic carbocycles. The van der Waals surface area contributed by atoms with Crippen molar-refractivity contribution in [3.05, 3.63) is 54.1 Å². The molecule has 0 atom stereocenters. The van der Waals surface area contributed by atoms with Gasteiger partial charge in [-0.25, -0.2) is 14.8 Å². The van der Waals surface area contributed by atoms with E-state index in [9.17, 15) is 4.79 Å². The monoisotopic (exact) mass is 416 g/mol. The van der Waals surface area contributed by atoms with E-state index in [2.05, 4.69) is 0 Å². The lowest BCUT2D eigenvalue weighted by Crippen LogP contribution is -2.21. The van der Waals surface area contributed by atoms with Gasteiger partial charge in [0, 0.05) is 6.07 Å². The lowest BCUT2D eigenvalue weighted by Gasteiger charge is -2.21. The van der Waals surface area contributed by atoms with Gasteiger partial charge in [-0.15, -0.1) is 0 Å². The molecule has 0 bridgehead atoms. The minimum atomic E-state index is -0.444. The van der Waals surface area contributed by atoms with E-state index in [0.717, 1.165) is 36.9 Å². The topological polar surface area (TPSA) is 92.3 Å². The maximum atomic E-state index is 13.2. The van der Waals surface area contributed by atoms with Crippen LogP contribution in [0.25, 0.3) is 27.9 Å². The molecule has 2 aromatic heterocycles. The van der Waals surface area contributed by atoms with E-state index in [4.69, 9.17) is 25.2 Å². The van der Waals surface area contributed by atoms with Gasteiger partial charge in [0.2, 0.25) is 0 Å². The standard InChI is InChI=1S/C24H24N4O3/c1-30-17-11-7-8-15(14-17)28-22(25)20(24(29)31-16-9-3-2-4-10-16)21-23(28)27-19-13-6-5-12-18(19)26-21/h5-8,11-14,16H,2-4,9-10,25H2,1H3. The van der Waals surface area contributed by atoms with Gasteiger partial charge in [0.05, 0.1) is 23.8 Å². The number of methoxy groups -OCH3 is 1. The Morgan fingerprint density at radius 3 is 2.52 bits per heavy atom. The van der Waals surface area contributed by atoms with Crippen molar-refractivity contribution in [3.8, 4) is 11.4 Å². The number of carbonyl (C=O) groups is 1. The van der Waals surface area contributed by atoms with Crippen LogP contribution >= 0.6 is 0 Å². The molecule has 5 rings (SSSR count). The lowest BCUT2D eigenvalue weighted by molar-refractivity contribution is 0.0214. The van der Waals surface area contributed by atoms with Gasteiger partial charge in [0.1, 0.15) is 28.8 Å². The normalized spacial score (nSPS) is 14.7. The number of ether oxygens (including phenoxy) is 2. The molecule has 0 saturated heterocycles. The molecule has 0 amide bonds. The fourth-order valence-corrected chi connectivity index (χ4v) is 4.27. The van der Waals surface area contributed by atoms with Crippen LogP contribution in [-0.2, 0) is 4.74 Å². The highest BCUT2D eigenvalue weighted by atomic mass is 16.5. The summed E-state index contributed by atoms with van der Waals surface area (Å²) in [4.78, 5) is 22.8. The van der Waals surface area contributed by atoms with E-state index in [1.165, 1.54) is 6.42 Å². The third-order valence-electron chi connectivity index (χ3n) is 5.84. The van der Waals surface area contributed by atoms with Crippen molar-refractivity contribution in [2.24, 2.45) is 0 Å². The van der Waals surface area contributed by atoms with E-state index in [-0.39, 0.29) is 17.5 Å². The van der Waals surface area contributed by atoms with Crippen molar-refractivity contribution in [2.45, 2.75) is 38.2 Å². The molecule has 7 nitrogen and oxygen atoms in total. The van der Waals surface area contributed by atoms with Gasteiger partial charge in [-0.1, -0.05) is 24.6 Å². The second kappa shape index (κ2) is 7.91. The highest BCUT2D eigenvalue weighted by Gasteiger charge is 2.28. The molecule has 1 saturated carbocycles. The summed E-state index contributed by atoms with van der Waals surface area (Å²) in [6.07, 6.45) is 5.02. The number of esters is 1. The van der Waals surface area contributed by atoms with Gasteiger partial charge in [0.25, 0.3) is 0 Å². The SMILES string of the molecule is COc1cccc(-n2c(N)c(C(=O)OC3CCCCC3)c3nc4ccccc4nc32)c1. The highest BCUT2D eigenvalue weighted by molar-refractivity contribution is 6.09. The molecule has 0 aliphatic heterocycles. The van der Waals surface area contributed by atoms with Crippen LogP contribution < -0.4 is 10.5 Å². The Morgan fingerprint density at radius 2 is 1.77 bits per heavy atom. The third-order valence-corrected chi connectivity index (χ3v) is 5.84. The number of nitrogens with zero attached hydrogens (tertiary/aromatic N) is 3. The molecule has 31 heavy (non-hydrogen) atoms. The number of hydrogen-bond acceptors (Lipinski definition) is 6. The number of aromatic nitrogens is 3. The van der Waals surface area contributed by atoms with Crippen LogP contribution in [0.15, 0.2) is 48.5 Å². The summed E-state index contributed by atoms with van der Waals surface area (Å²) in [6, 6.07) is 15.0. The van der Waals surface area contributed by atoms with Crippen molar-refractivity contribution in [1.82, 2.24) is 14.5 Å². The number of benzene rings is 2. The summed E-state index contributed by atoms with van der Waals surface area (Å²) in [7, 11) is 1.61. The smallest absolute Gasteiger partial charge is 0.344 e. The molecule has 0 spiro atoms. The number of carbonyl (C=O) groups excluding carboxylic acids is 1. The van der Waals surface area contributed by atoms with Gasteiger partial charge >= 0.3 is 5.97 Å². The predicted octanol–water partition coefficient (Wildman–Crippen LogP) is 4.65. The molecule has 158 valence electrons. The quantitative estimate of drug-likeness (QED) is 0.487. The summed E-state index contributed by atoms with van der Waals surface area (Å²) in [5, 5.41) is 0. The summed E-state index contributed by atoms with van der Waals surface area (Å²) in [6.45, 7) is 0. The number of para-hydroxylation sites is 2. The van der Waals surface area contributed by atoms with Gasteiger partial charge < -0.3 is 15.2 Å². The largest absolute Gasteiger partial charge is 0.497 e. The molecule has 1 aliphatic rings. The molecular weight excluding hydrogens is 392 g/mol. The average molecular weight is 416 g/mol. The zero-order chi connectivity index (χ0) is 21.4. The predicted molar refractivity (Wildman–Crippen MR) is 120 cm³/mol. The Hall–Kier alpha value is -3.61. The summed E-state index contributed by atoms with van der Waals surface area (Å²) >= 11 is 0. The van der Waals surface area contributed by atoms with E-state index in [0.29, 0.717) is 22.4 Å². The Balaban J connectivity index is 1.71. The fraction of sp³-hybridized carbons (Fsp3) is 0.292. The van der Waals surface area contributed by atoms with Gasteiger partial charge in [0.15, 0.2) is 5.65 Å². The maximum Gasteiger partial charge on any atom is 0.344 e. The molecule has 1 fully saturated rings. The van der Waals surface area contributed by atoms with Crippen LogP contribution in [0.2, 0.25) is 0 Å². The number of rotatable bonds is 4. The summed E-state index contributed by atoms with van der Waals surface area (Å²) in [5.74, 6) is 0.499. The number of nitrogens with two attached hydrogens (primary N) is 1. The molecule has 0 unspecified atom stereocenters. The van der Waals surface area contributed by atoms with Crippen LogP contribution in [0.1, 0.15) is 42.5 Å². The Kier molecular flexibility index (Phi) is 4.94. The lowest BCUT2D eigenvalue weighted by atomic mass is 9.98.